The van der Waals surface area contributed by atoms with Gasteiger partial charge in [0.2, 0.25) is 5.89 Å². The summed E-state index contributed by atoms with van der Waals surface area (Å²) >= 11 is 1.87. The maximum absolute atomic E-state index is 11.0. The maximum atomic E-state index is 11.0. The van der Waals surface area contributed by atoms with Crippen LogP contribution in [0.15, 0.2) is 10.6 Å². The number of ketones is 1. The Hall–Kier alpha value is -0.770. The minimum Gasteiger partial charge on any atom is -0.436 e. The predicted octanol–water partition coefficient (Wildman–Crippen LogP) is 2.84. The van der Waals surface area contributed by atoms with Crippen LogP contribution in [0.1, 0.15) is 47.9 Å². The Morgan fingerprint density at radius 2 is 2.50 bits per heavy atom. The molecule has 2 rings (SSSR count). The van der Waals surface area contributed by atoms with Gasteiger partial charge in [-0.2, -0.15) is 0 Å². The van der Waals surface area contributed by atoms with Crippen LogP contribution in [-0.4, -0.2) is 16.5 Å². The van der Waals surface area contributed by atoms with Crippen LogP contribution in [-0.2, 0) is 0 Å². The molecule has 1 aliphatic rings. The fourth-order valence-corrected chi connectivity index (χ4v) is 2.77. The number of oxazole rings is 1. The zero-order chi connectivity index (χ0) is 9.97. The number of hydrogen-bond donors (Lipinski definition) is 0. The van der Waals surface area contributed by atoms with Crippen molar-refractivity contribution >= 4 is 17.5 Å². The highest BCUT2D eigenvalue weighted by Crippen LogP contribution is 2.37. The maximum Gasteiger partial charge on any atom is 0.208 e. The van der Waals surface area contributed by atoms with E-state index in [0.717, 1.165) is 12.3 Å². The van der Waals surface area contributed by atoms with Gasteiger partial charge in [0.05, 0.1) is 11.4 Å². The molecule has 1 saturated heterocycles. The lowest BCUT2D eigenvalue weighted by molar-refractivity contribution is 0.0985. The molecule has 14 heavy (non-hydrogen) atoms. The normalized spacial score (nSPS) is 22.2. The summed E-state index contributed by atoms with van der Waals surface area (Å²) < 4.78 is 5.40. The van der Waals surface area contributed by atoms with Crippen molar-refractivity contribution in [3.63, 3.8) is 0 Å². The summed E-state index contributed by atoms with van der Waals surface area (Å²) in [5.74, 6) is 2.22. The average Bonchev–Trinajstić information content (AvgIpc) is 2.68. The minimum atomic E-state index is -0.0513. The summed E-state index contributed by atoms with van der Waals surface area (Å²) in [5, 5.41) is 0.358. The SMILES string of the molecule is CC(=O)c1cnc(C2CCCCS2)o1. The standard InChI is InChI=1S/C10H13NO2S/c1-7(12)8-6-11-10(13-8)9-4-2-3-5-14-9/h6,9H,2-5H2,1H3. The van der Waals surface area contributed by atoms with Crippen molar-refractivity contribution in [3.8, 4) is 0 Å². The molecule has 1 unspecified atom stereocenters. The molecule has 1 fully saturated rings. The van der Waals surface area contributed by atoms with E-state index in [4.69, 9.17) is 4.42 Å². The van der Waals surface area contributed by atoms with Crippen LogP contribution >= 0.6 is 11.8 Å². The fraction of sp³-hybridized carbons (Fsp3) is 0.600. The Kier molecular flexibility index (Phi) is 2.91. The largest absolute Gasteiger partial charge is 0.436 e. The highest BCUT2D eigenvalue weighted by atomic mass is 32.2. The van der Waals surface area contributed by atoms with Crippen molar-refractivity contribution in [2.45, 2.75) is 31.4 Å². The molecule has 0 spiro atoms. The molecule has 1 aliphatic heterocycles. The van der Waals surface area contributed by atoms with Crippen LogP contribution in [0, 0.1) is 0 Å². The summed E-state index contributed by atoms with van der Waals surface area (Å²) in [7, 11) is 0. The smallest absolute Gasteiger partial charge is 0.208 e. The second kappa shape index (κ2) is 4.17. The van der Waals surface area contributed by atoms with E-state index in [0.29, 0.717) is 11.0 Å². The van der Waals surface area contributed by atoms with E-state index in [2.05, 4.69) is 4.98 Å². The number of rotatable bonds is 2. The third-order valence-corrected chi connectivity index (χ3v) is 3.69. The van der Waals surface area contributed by atoms with Crippen LogP contribution in [0.2, 0.25) is 0 Å². The third kappa shape index (κ3) is 2.00. The summed E-state index contributed by atoms with van der Waals surface area (Å²) in [6.07, 6.45) is 5.16. The van der Waals surface area contributed by atoms with Crippen molar-refractivity contribution in [1.82, 2.24) is 4.98 Å². The number of aromatic nitrogens is 1. The quantitative estimate of drug-likeness (QED) is 0.705. The zero-order valence-electron chi connectivity index (χ0n) is 8.16. The van der Waals surface area contributed by atoms with Crippen LogP contribution in [0.5, 0.6) is 0 Å². The number of nitrogens with zero attached hydrogens (tertiary/aromatic N) is 1. The summed E-state index contributed by atoms with van der Waals surface area (Å²) in [5.41, 5.74) is 0. The molecule has 76 valence electrons. The first-order valence-electron chi connectivity index (χ1n) is 4.85. The van der Waals surface area contributed by atoms with E-state index in [1.165, 1.54) is 31.7 Å². The van der Waals surface area contributed by atoms with E-state index < -0.39 is 0 Å². The van der Waals surface area contributed by atoms with Gasteiger partial charge in [-0.1, -0.05) is 6.42 Å². The molecular formula is C10H13NO2S. The minimum absolute atomic E-state index is 0.0513. The van der Waals surface area contributed by atoms with Gasteiger partial charge in [0.1, 0.15) is 0 Å². The Morgan fingerprint density at radius 1 is 1.64 bits per heavy atom. The second-order valence-electron chi connectivity index (χ2n) is 3.47. The average molecular weight is 211 g/mol. The van der Waals surface area contributed by atoms with E-state index in [1.54, 1.807) is 0 Å². The van der Waals surface area contributed by atoms with E-state index in [1.807, 2.05) is 11.8 Å². The van der Waals surface area contributed by atoms with Crippen molar-refractivity contribution in [1.29, 1.82) is 0 Å². The Balaban J connectivity index is 2.11. The van der Waals surface area contributed by atoms with E-state index >= 15 is 0 Å². The third-order valence-electron chi connectivity index (χ3n) is 2.33. The lowest BCUT2D eigenvalue weighted by atomic mass is 10.2. The number of thioether (sulfide) groups is 1. The molecule has 3 nitrogen and oxygen atoms in total. The molecule has 0 N–H and O–H groups in total. The number of carbonyl (C=O) groups excluding carboxylic acids is 1. The summed E-state index contributed by atoms with van der Waals surface area (Å²) in [6, 6.07) is 0. The van der Waals surface area contributed by atoms with Crippen molar-refractivity contribution in [2.75, 3.05) is 5.75 Å². The molecular weight excluding hydrogens is 198 g/mol. The van der Waals surface area contributed by atoms with Gasteiger partial charge in [0.15, 0.2) is 11.5 Å². The zero-order valence-corrected chi connectivity index (χ0v) is 8.97. The molecule has 0 amide bonds. The van der Waals surface area contributed by atoms with Gasteiger partial charge in [-0.3, -0.25) is 4.79 Å². The highest BCUT2D eigenvalue weighted by Gasteiger charge is 2.21. The van der Waals surface area contributed by atoms with Gasteiger partial charge in [0.25, 0.3) is 0 Å². The lowest BCUT2D eigenvalue weighted by Crippen LogP contribution is -2.02. The molecule has 1 atom stereocenters. The van der Waals surface area contributed by atoms with E-state index in [-0.39, 0.29) is 5.78 Å². The Bertz CT molecular complexity index is 329. The molecule has 0 bridgehead atoms. The van der Waals surface area contributed by atoms with Gasteiger partial charge in [-0.15, -0.1) is 11.8 Å². The molecule has 2 heterocycles. The van der Waals surface area contributed by atoms with Gasteiger partial charge in [-0.05, 0) is 18.6 Å². The first-order valence-corrected chi connectivity index (χ1v) is 5.90. The van der Waals surface area contributed by atoms with Gasteiger partial charge < -0.3 is 4.42 Å². The first-order chi connectivity index (χ1) is 6.77. The first kappa shape index (κ1) is 9.77. The predicted molar refractivity (Wildman–Crippen MR) is 55.6 cm³/mol. The molecule has 0 aromatic carbocycles. The van der Waals surface area contributed by atoms with Gasteiger partial charge in [-0.25, -0.2) is 4.98 Å². The van der Waals surface area contributed by atoms with Crippen LogP contribution in [0.3, 0.4) is 0 Å². The second-order valence-corrected chi connectivity index (χ2v) is 4.78. The highest BCUT2D eigenvalue weighted by molar-refractivity contribution is 7.99. The van der Waals surface area contributed by atoms with Crippen molar-refractivity contribution < 1.29 is 9.21 Å². The van der Waals surface area contributed by atoms with Gasteiger partial charge >= 0.3 is 0 Å². The molecule has 0 aliphatic carbocycles. The van der Waals surface area contributed by atoms with Crippen LogP contribution < -0.4 is 0 Å². The van der Waals surface area contributed by atoms with Gasteiger partial charge in [0, 0.05) is 6.92 Å². The summed E-state index contributed by atoms with van der Waals surface area (Å²) in [6.45, 7) is 1.50. The molecule has 1 aromatic rings. The monoisotopic (exact) mass is 211 g/mol. The molecule has 4 heteroatoms. The number of Topliss-reactive ketones (excluding diaryl/α,β-unsaturated/α-hetero) is 1. The lowest BCUT2D eigenvalue weighted by Gasteiger charge is -2.17. The van der Waals surface area contributed by atoms with Crippen molar-refractivity contribution in [3.05, 3.63) is 17.8 Å². The molecule has 0 radical (unpaired) electrons. The number of carbonyl (C=O) groups is 1. The summed E-state index contributed by atoms with van der Waals surface area (Å²) in [4.78, 5) is 15.2. The molecule has 1 aromatic heterocycles. The van der Waals surface area contributed by atoms with Crippen LogP contribution in [0.4, 0.5) is 0 Å². The molecule has 0 saturated carbocycles. The topological polar surface area (TPSA) is 43.1 Å². The van der Waals surface area contributed by atoms with E-state index in [9.17, 15) is 4.79 Å². The van der Waals surface area contributed by atoms with Crippen molar-refractivity contribution in [2.24, 2.45) is 0 Å². The Morgan fingerprint density at radius 3 is 3.07 bits per heavy atom. The number of hydrogen-bond acceptors (Lipinski definition) is 4. The fourth-order valence-electron chi connectivity index (χ4n) is 1.53. The Labute approximate surface area is 87.3 Å². The van der Waals surface area contributed by atoms with Crippen LogP contribution in [0.25, 0.3) is 0 Å².